The lowest BCUT2D eigenvalue weighted by Gasteiger charge is -2.16. The van der Waals surface area contributed by atoms with Crippen molar-refractivity contribution in [1.82, 2.24) is 14.8 Å². The second-order valence-electron chi connectivity index (χ2n) is 6.06. The third kappa shape index (κ3) is 4.80. The van der Waals surface area contributed by atoms with Crippen LogP contribution < -0.4 is 20.5 Å². The number of carbonyl (C=O) groups is 1. The maximum absolute atomic E-state index is 12.8. The normalized spacial score (nSPS) is 11.2. The molecule has 1 aromatic carbocycles. The van der Waals surface area contributed by atoms with Gasteiger partial charge in [0.25, 0.3) is 5.91 Å². The molecule has 0 saturated carbocycles. The van der Waals surface area contributed by atoms with Crippen LogP contribution in [0.3, 0.4) is 0 Å². The summed E-state index contributed by atoms with van der Waals surface area (Å²) in [5.74, 6) is -0.546. The summed E-state index contributed by atoms with van der Waals surface area (Å²) in [7, 11) is 1.60. The average molecular weight is 421 g/mol. The first-order valence-electron chi connectivity index (χ1n) is 8.76. The Morgan fingerprint density at radius 1 is 1.20 bits per heavy atom. The highest BCUT2D eigenvalue weighted by molar-refractivity contribution is 6.02. The van der Waals surface area contributed by atoms with Gasteiger partial charge in [-0.3, -0.25) is 9.48 Å². The van der Waals surface area contributed by atoms with Gasteiger partial charge in [0.2, 0.25) is 0 Å². The quantitative estimate of drug-likeness (QED) is 0.630. The summed E-state index contributed by atoms with van der Waals surface area (Å²) in [6, 6.07) is 8.27. The number of nitrogens with one attached hydrogen (secondary N) is 1. The van der Waals surface area contributed by atoms with Crippen LogP contribution in [-0.4, -0.2) is 33.6 Å². The van der Waals surface area contributed by atoms with Crippen LogP contribution in [0.15, 0.2) is 42.6 Å². The molecule has 158 valence electrons. The van der Waals surface area contributed by atoms with Crippen molar-refractivity contribution in [3.8, 4) is 22.6 Å². The summed E-state index contributed by atoms with van der Waals surface area (Å²) in [4.78, 5) is 16.4. The monoisotopic (exact) mass is 421 g/mol. The lowest BCUT2D eigenvalue weighted by atomic mass is 10.0. The first-order chi connectivity index (χ1) is 14.2. The van der Waals surface area contributed by atoms with Crippen molar-refractivity contribution >= 4 is 17.5 Å². The molecule has 11 heteroatoms. The summed E-state index contributed by atoms with van der Waals surface area (Å²) < 4.78 is 49.3. The number of hydrogen-bond donors (Lipinski definition) is 2. The number of nitrogens with zero attached hydrogens (tertiary/aromatic N) is 3. The van der Waals surface area contributed by atoms with Gasteiger partial charge in [0.15, 0.2) is 0 Å². The fraction of sp³-hybridized carbons (Fsp3) is 0.211. The molecule has 0 atom stereocenters. The predicted octanol–water partition coefficient (Wildman–Crippen LogP) is 3.61. The van der Waals surface area contributed by atoms with E-state index in [1.807, 2.05) is 0 Å². The van der Waals surface area contributed by atoms with Gasteiger partial charge in [0.05, 0.1) is 6.61 Å². The molecule has 3 rings (SSSR count). The Morgan fingerprint density at radius 2 is 1.97 bits per heavy atom. The third-order valence-corrected chi connectivity index (χ3v) is 4.00. The van der Waals surface area contributed by atoms with Crippen LogP contribution in [-0.2, 0) is 7.05 Å². The maximum atomic E-state index is 12.8. The predicted molar refractivity (Wildman–Crippen MR) is 103 cm³/mol. The standard InChI is InChI=1S/C19H18F3N5O3/c1-3-29-11-4-6-15(30-19(20,21)22)13(10-11)12-5-7-16(25-17(12)23)26-18(28)14-8-9-24-27(14)2/h4-10H,3H2,1-2H3,(H3,23,25,26,28). The molecule has 2 aromatic heterocycles. The van der Waals surface area contributed by atoms with E-state index in [4.69, 9.17) is 10.5 Å². The maximum Gasteiger partial charge on any atom is 0.573 e. The number of nitrogen functional groups attached to an aromatic ring is 1. The summed E-state index contributed by atoms with van der Waals surface area (Å²) in [5.41, 5.74) is 6.51. The van der Waals surface area contributed by atoms with Crippen molar-refractivity contribution in [3.05, 3.63) is 48.3 Å². The van der Waals surface area contributed by atoms with Crippen molar-refractivity contribution in [3.63, 3.8) is 0 Å². The van der Waals surface area contributed by atoms with Gasteiger partial charge in [-0.1, -0.05) is 0 Å². The van der Waals surface area contributed by atoms with Crippen LogP contribution in [0.25, 0.3) is 11.1 Å². The number of carbonyl (C=O) groups excluding carboxylic acids is 1. The summed E-state index contributed by atoms with van der Waals surface area (Å²) >= 11 is 0. The number of rotatable bonds is 6. The zero-order valence-electron chi connectivity index (χ0n) is 16.0. The van der Waals surface area contributed by atoms with Crippen LogP contribution >= 0.6 is 0 Å². The summed E-state index contributed by atoms with van der Waals surface area (Å²) in [6.45, 7) is 2.07. The number of alkyl halides is 3. The molecule has 0 unspecified atom stereocenters. The number of benzene rings is 1. The topological polar surface area (TPSA) is 104 Å². The lowest BCUT2D eigenvalue weighted by molar-refractivity contribution is -0.274. The fourth-order valence-corrected chi connectivity index (χ4v) is 2.74. The van der Waals surface area contributed by atoms with Crippen molar-refractivity contribution in [2.45, 2.75) is 13.3 Å². The molecule has 30 heavy (non-hydrogen) atoms. The molecule has 8 nitrogen and oxygen atoms in total. The average Bonchev–Trinajstić information content (AvgIpc) is 3.08. The molecular weight excluding hydrogens is 403 g/mol. The van der Waals surface area contributed by atoms with E-state index >= 15 is 0 Å². The minimum Gasteiger partial charge on any atom is -0.494 e. The summed E-state index contributed by atoms with van der Waals surface area (Å²) in [6.07, 6.45) is -3.42. The Balaban J connectivity index is 1.94. The van der Waals surface area contributed by atoms with Gasteiger partial charge in [-0.05, 0) is 43.3 Å². The van der Waals surface area contributed by atoms with Crippen LogP contribution in [0.4, 0.5) is 24.8 Å². The van der Waals surface area contributed by atoms with E-state index in [1.54, 1.807) is 14.0 Å². The molecule has 0 radical (unpaired) electrons. The minimum absolute atomic E-state index is 0.0489. The van der Waals surface area contributed by atoms with Crippen LogP contribution in [0.5, 0.6) is 11.5 Å². The molecule has 3 aromatic rings. The molecule has 0 spiro atoms. The minimum atomic E-state index is -4.89. The largest absolute Gasteiger partial charge is 0.573 e. The van der Waals surface area contributed by atoms with Crippen LogP contribution in [0, 0.1) is 0 Å². The number of pyridine rings is 1. The second-order valence-corrected chi connectivity index (χ2v) is 6.06. The third-order valence-electron chi connectivity index (χ3n) is 4.00. The highest BCUT2D eigenvalue weighted by atomic mass is 19.4. The highest BCUT2D eigenvalue weighted by Crippen LogP contribution is 2.39. The number of halogens is 3. The number of amides is 1. The number of aryl methyl sites for hydroxylation is 1. The van der Waals surface area contributed by atoms with Crippen molar-refractivity contribution in [2.24, 2.45) is 7.05 Å². The van der Waals surface area contributed by atoms with Gasteiger partial charge < -0.3 is 20.5 Å². The lowest BCUT2D eigenvalue weighted by Crippen LogP contribution is -2.18. The number of aromatic nitrogens is 3. The zero-order chi connectivity index (χ0) is 21.9. The van der Waals surface area contributed by atoms with Gasteiger partial charge >= 0.3 is 6.36 Å². The van der Waals surface area contributed by atoms with Gasteiger partial charge in [-0.15, -0.1) is 13.2 Å². The Bertz CT molecular complexity index is 1070. The molecule has 1 amide bonds. The molecule has 0 aliphatic rings. The van der Waals surface area contributed by atoms with E-state index < -0.39 is 18.0 Å². The summed E-state index contributed by atoms with van der Waals surface area (Å²) in [5, 5.41) is 6.47. The second kappa shape index (κ2) is 8.31. The number of anilines is 2. The van der Waals surface area contributed by atoms with Crippen molar-refractivity contribution in [2.75, 3.05) is 17.7 Å². The van der Waals surface area contributed by atoms with E-state index in [0.717, 1.165) is 6.07 Å². The van der Waals surface area contributed by atoms with Gasteiger partial charge in [-0.25, -0.2) is 4.98 Å². The zero-order valence-corrected chi connectivity index (χ0v) is 16.0. The van der Waals surface area contributed by atoms with Crippen molar-refractivity contribution < 1.29 is 27.4 Å². The van der Waals surface area contributed by atoms with E-state index in [-0.39, 0.29) is 22.8 Å². The molecule has 0 fully saturated rings. The van der Waals surface area contributed by atoms with E-state index in [1.165, 1.54) is 41.2 Å². The molecule has 2 heterocycles. The first kappa shape index (κ1) is 21.0. The van der Waals surface area contributed by atoms with Gasteiger partial charge in [0.1, 0.15) is 28.8 Å². The molecule has 0 saturated heterocycles. The molecule has 0 bridgehead atoms. The van der Waals surface area contributed by atoms with Crippen molar-refractivity contribution in [1.29, 1.82) is 0 Å². The smallest absolute Gasteiger partial charge is 0.494 e. The molecule has 0 aliphatic carbocycles. The van der Waals surface area contributed by atoms with E-state index in [0.29, 0.717) is 18.1 Å². The van der Waals surface area contributed by atoms with Crippen LogP contribution in [0.1, 0.15) is 17.4 Å². The SMILES string of the molecule is CCOc1ccc(OC(F)(F)F)c(-c2ccc(NC(=O)c3ccnn3C)nc2N)c1. The molecular formula is C19H18F3N5O3. The Hall–Kier alpha value is -3.76. The van der Waals surface area contributed by atoms with E-state index in [9.17, 15) is 18.0 Å². The van der Waals surface area contributed by atoms with E-state index in [2.05, 4.69) is 20.1 Å². The van der Waals surface area contributed by atoms with Gasteiger partial charge in [-0.2, -0.15) is 5.10 Å². The number of nitrogens with two attached hydrogens (primary N) is 1. The fourth-order valence-electron chi connectivity index (χ4n) is 2.74. The molecule has 3 N–H and O–H groups in total. The first-order valence-corrected chi connectivity index (χ1v) is 8.76. The highest BCUT2D eigenvalue weighted by Gasteiger charge is 2.32. The Labute approximate surface area is 169 Å². The van der Waals surface area contributed by atoms with Crippen LogP contribution in [0.2, 0.25) is 0 Å². The number of hydrogen-bond acceptors (Lipinski definition) is 6. The Morgan fingerprint density at radius 3 is 2.57 bits per heavy atom. The Kier molecular flexibility index (Phi) is 5.81. The number of ether oxygens (including phenoxy) is 2. The van der Waals surface area contributed by atoms with Gasteiger partial charge in [0, 0.05) is 24.4 Å². The molecule has 0 aliphatic heterocycles.